The number of rotatable bonds is 7. The number of carbonyl (C=O) groups excluding carboxylic acids is 2. The van der Waals surface area contributed by atoms with Crippen molar-refractivity contribution in [1.29, 1.82) is 0 Å². The minimum Gasteiger partial charge on any atom is -0.349 e. The van der Waals surface area contributed by atoms with Crippen molar-refractivity contribution >= 4 is 38.9 Å². The zero-order valence-corrected chi connectivity index (χ0v) is 16.0. The Bertz CT molecular complexity index is 971. The van der Waals surface area contributed by atoms with E-state index in [0.717, 1.165) is 12.8 Å². The molecule has 0 spiro atoms. The topological polar surface area (TPSA) is 92.3 Å². The molecule has 0 aromatic heterocycles. The molecule has 27 heavy (non-hydrogen) atoms. The lowest BCUT2D eigenvalue weighted by Crippen LogP contribution is -2.25. The summed E-state index contributed by atoms with van der Waals surface area (Å²) in [6, 6.07) is 12.9. The van der Waals surface area contributed by atoms with E-state index in [1.54, 1.807) is 36.4 Å². The number of benzene rings is 2. The van der Waals surface area contributed by atoms with Crippen LogP contribution in [0.3, 0.4) is 0 Å². The Morgan fingerprint density at radius 3 is 2.52 bits per heavy atom. The van der Waals surface area contributed by atoms with Gasteiger partial charge in [-0.15, -0.1) is 0 Å². The standard InChI is InChI=1S/C19H19ClN2O4S/c20-16-6-1-2-7-17(16)27(25,26)11-10-18(23)21-15-5-3-4-13(12-15)19(24)22-14-8-9-14/h1-7,12,14H,8-11H2,(H,21,23)(H,22,24). The van der Waals surface area contributed by atoms with E-state index in [0.29, 0.717) is 11.3 Å². The fraction of sp³-hybridized carbons (Fsp3) is 0.263. The van der Waals surface area contributed by atoms with Crippen LogP contribution in [0.25, 0.3) is 0 Å². The molecule has 0 saturated heterocycles. The molecule has 2 aromatic rings. The van der Waals surface area contributed by atoms with Crippen molar-refractivity contribution in [2.24, 2.45) is 0 Å². The Morgan fingerprint density at radius 2 is 1.81 bits per heavy atom. The molecule has 1 aliphatic carbocycles. The fourth-order valence-electron chi connectivity index (χ4n) is 2.49. The van der Waals surface area contributed by atoms with Crippen molar-refractivity contribution in [3.8, 4) is 0 Å². The molecule has 8 heteroatoms. The minimum absolute atomic E-state index is 0.0122. The molecule has 1 fully saturated rings. The van der Waals surface area contributed by atoms with Gasteiger partial charge in [0.15, 0.2) is 9.84 Å². The Labute approximate surface area is 162 Å². The van der Waals surface area contributed by atoms with Crippen LogP contribution in [-0.2, 0) is 14.6 Å². The van der Waals surface area contributed by atoms with E-state index in [9.17, 15) is 18.0 Å². The average Bonchev–Trinajstić information content (AvgIpc) is 3.44. The highest BCUT2D eigenvalue weighted by Gasteiger charge is 2.24. The molecule has 0 aliphatic heterocycles. The zero-order valence-electron chi connectivity index (χ0n) is 14.4. The second-order valence-electron chi connectivity index (χ2n) is 6.38. The van der Waals surface area contributed by atoms with Gasteiger partial charge in [0.25, 0.3) is 5.91 Å². The smallest absolute Gasteiger partial charge is 0.251 e. The number of nitrogens with one attached hydrogen (secondary N) is 2. The first kappa shape index (κ1) is 19.4. The highest BCUT2D eigenvalue weighted by atomic mass is 35.5. The van der Waals surface area contributed by atoms with E-state index in [-0.39, 0.29) is 34.0 Å². The van der Waals surface area contributed by atoms with E-state index in [1.165, 1.54) is 12.1 Å². The number of halogens is 1. The Kier molecular flexibility index (Phi) is 5.82. The van der Waals surface area contributed by atoms with Crippen LogP contribution in [0.15, 0.2) is 53.4 Å². The lowest BCUT2D eigenvalue weighted by Gasteiger charge is -2.09. The van der Waals surface area contributed by atoms with Crippen molar-refractivity contribution in [3.05, 3.63) is 59.1 Å². The summed E-state index contributed by atoms with van der Waals surface area (Å²) in [5.41, 5.74) is 0.891. The largest absolute Gasteiger partial charge is 0.349 e. The molecular formula is C19H19ClN2O4S. The monoisotopic (exact) mass is 406 g/mol. The van der Waals surface area contributed by atoms with Gasteiger partial charge in [-0.1, -0.05) is 29.8 Å². The van der Waals surface area contributed by atoms with E-state index in [2.05, 4.69) is 10.6 Å². The molecule has 0 radical (unpaired) electrons. The first-order valence-corrected chi connectivity index (χ1v) is 10.6. The SMILES string of the molecule is O=C(CCS(=O)(=O)c1ccccc1Cl)Nc1cccc(C(=O)NC2CC2)c1. The van der Waals surface area contributed by atoms with Crippen molar-refractivity contribution in [2.45, 2.75) is 30.2 Å². The van der Waals surface area contributed by atoms with Gasteiger partial charge in [-0.2, -0.15) is 0 Å². The Balaban J connectivity index is 1.59. The van der Waals surface area contributed by atoms with Crippen molar-refractivity contribution in [2.75, 3.05) is 11.1 Å². The molecule has 0 atom stereocenters. The van der Waals surface area contributed by atoms with Crippen LogP contribution >= 0.6 is 11.6 Å². The van der Waals surface area contributed by atoms with Gasteiger partial charge in [0, 0.05) is 23.7 Å². The maximum Gasteiger partial charge on any atom is 0.251 e. The molecule has 1 aliphatic rings. The summed E-state index contributed by atoms with van der Waals surface area (Å²) in [6.07, 6.45) is 1.76. The molecule has 0 unspecified atom stereocenters. The predicted molar refractivity (Wildman–Crippen MR) is 104 cm³/mol. The molecule has 3 rings (SSSR count). The lowest BCUT2D eigenvalue weighted by molar-refractivity contribution is -0.115. The second kappa shape index (κ2) is 8.10. The third kappa shape index (κ3) is 5.30. The third-order valence-electron chi connectivity index (χ3n) is 4.09. The van der Waals surface area contributed by atoms with Gasteiger partial charge in [0.2, 0.25) is 5.91 Å². The van der Waals surface area contributed by atoms with Crippen LogP contribution in [0.5, 0.6) is 0 Å². The van der Waals surface area contributed by atoms with Crippen LogP contribution in [0.4, 0.5) is 5.69 Å². The molecule has 142 valence electrons. The van der Waals surface area contributed by atoms with Gasteiger partial charge in [-0.25, -0.2) is 8.42 Å². The number of sulfone groups is 1. The number of hydrogen-bond acceptors (Lipinski definition) is 4. The highest BCUT2D eigenvalue weighted by molar-refractivity contribution is 7.91. The molecule has 1 saturated carbocycles. The van der Waals surface area contributed by atoms with Gasteiger partial charge < -0.3 is 10.6 Å². The summed E-state index contributed by atoms with van der Waals surface area (Å²) in [5.74, 6) is -0.995. The van der Waals surface area contributed by atoms with Crippen molar-refractivity contribution < 1.29 is 18.0 Å². The normalized spacial score (nSPS) is 13.8. The fourth-order valence-corrected chi connectivity index (χ4v) is 4.31. The highest BCUT2D eigenvalue weighted by Crippen LogP contribution is 2.22. The Morgan fingerprint density at radius 1 is 1.07 bits per heavy atom. The van der Waals surface area contributed by atoms with Crippen molar-refractivity contribution in [1.82, 2.24) is 5.32 Å². The maximum atomic E-state index is 12.3. The first-order valence-electron chi connectivity index (χ1n) is 8.53. The number of anilines is 1. The summed E-state index contributed by atoms with van der Waals surface area (Å²) in [6.45, 7) is 0. The second-order valence-corrected chi connectivity index (χ2v) is 8.86. The van der Waals surface area contributed by atoms with Crippen LogP contribution in [0.2, 0.25) is 5.02 Å². The van der Waals surface area contributed by atoms with E-state index >= 15 is 0 Å². The summed E-state index contributed by atoms with van der Waals surface area (Å²) in [7, 11) is -3.66. The van der Waals surface area contributed by atoms with Gasteiger partial charge in [-0.3, -0.25) is 9.59 Å². The summed E-state index contributed by atoms with van der Waals surface area (Å²) >= 11 is 5.92. The van der Waals surface area contributed by atoms with Crippen molar-refractivity contribution in [3.63, 3.8) is 0 Å². The average molecular weight is 407 g/mol. The molecule has 2 amide bonds. The van der Waals surface area contributed by atoms with Gasteiger partial charge >= 0.3 is 0 Å². The van der Waals surface area contributed by atoms with Crippen LogP contribution < -0.4 is 10.6 Å². The zero-order chi connectivity index (χ0) is 19.4. The van der Waals surface area contributed by atoms with Gasteiger partial charge in [0.1, 0.15) is 0 Å². The molecule has 2 N–H and O–H groups in total. The number of carbonyl (C=O) groups is 2. The molecule has 2 aromatic carbocycles. The molecule has 0 bridgehead atoms. The van der Waals surface area contributed by atoms with Gasteiger partial charge in [-0.05, 0) is 43.2 Å². The van der Waals surface area contributed by atoms with Gasteiger partial charge in [0.05, 0.1) is 15.7 Å². The Hall–Kier alpha value is -2.38. The van der Waals surface area contributed by atoms with Crippen LogP contribution in [0.1, 0.15) is 29.6 Å². The summed E-state index contributed by atoms with van der Waals surface area (Å²) in [4.78, 5) is 24.2. The predicted octanol–water partition coefficient (Wildman–Crippen LogP) is 3.03. The lowest BCUT2D eigenvalue weighted by atomic mass is 10.2. The van der Waals surface area contributed by atoms with Crippen LogP contribution in [-0.4, -0.2) is 32.0 Å². The van der Waals surface area contributed by atoms with E-state index in [1.807, 2.05) is 0 Å². The third-order valence-corrected chi connectivity index (χ3v) is 6.30. The number of amides is 2. The maximum absolute atomic E-state index is 12.3. The first-order chi connectivity index (χ1) is 12.8. The van der Waals surface area contributed by atoms with E-state index < -0.39 is 15.7 Å². The minimum atomic E-state index is -3.66. The molecule has 6 nitrogen and oxygen atoms in total. The quantitative estimate of drug-likeness (QED) is 0.739. The number of hydrogen-bond donors (Lipinski definition) is 2. The van der Waals surface area contributed by atoms with Crippen LogP contribution in [0, 0.1) is 0 Å². The summed E-state index contributed by atoms with van der Waals surface area (Å²) < 4.78 is 24.7. The molecular weight excluding hydrogens is 388 g/mol. The summed E-state index contributed by atoms with van der Waals surface area (Å²) in [5, 5.41) is 5.64. The molecule has 0 heterocycles. The van der Waals surface area contributed by atoms with E-state index in [4.69, 9.17) is 11.6 Å².